The van der Waals surface area contributed by atoms with Crippen LogP contribution < -0.4 is 5.43 Å². The summed E-state index contributed by atoms with van der Waals surface area (Å²) in [6.45, 7) is 6.27. The molecular formula is C21H18O3. The maximum Gasteiger partial charge on any atom is 0.193 e. The highest BCUT2D eigenvalue weighted by atomic mass is 16.3. The Balaban J connectivity index is 1.98. The molecule has 2 heterocycles. The normalized spacial score (nSPS) is 11.7. The lowest BCUT2D eigenvalue weighted by Crippen LogP contribution is -2.00. The molecule has 24 heavy (non-hydrogen) atoms. The van der Waals surface area contributed by atoms with Gasteiger partial charge in [-0.15, -0.1) is 0 Å². The minimum Gasteiger partial charge on any atom is -0.464 e. The summed E-state index contributed by atoms with van der Waals surface area (Å²) in [5.41, 5.74) is 4.41. The van der Waals surface area contributed by atoms with Gasteiger partial charge in [0.25, 0.3) is 0 Å². The minimum atomic E-state index is -0.0401. The molecule has 0 aliphatic carbocycles. The molecule has 0 amide bonds. The topological polar surface area (TPSA) is 43.4 Å². The molecule has 3 nitrogen and oxygen atoms in total. The number of furan rings is 1. The van der Waals surface area contributed by atoms with Gasteiger partial charge in [-0.25, -0.2) is 0 Å². The van der Waals surface area contributed by atoms with Gasteiger partial charge in [0.05, 0.1) is 17.0 Å². The molecule has 4 aromatic rings. The van der Waals surface area contributed by atoms with Gasteiger partial charge < -0.3 is 8.83 Å². The Morgan fingerprint density at radius 3 is 2.46 bits per heavy atom. The first-order chi connectivity index (χ1) is 11.5. The van der Waals surface area contributed by atoms with Gasteiger partial charge in [-0.1, -0.05) is 38.1 Å². The van der Waals surface area contributed by atoms with E-state index >= 15 is 0 Å². The molecule has 3 heteroatoms. The number of hydrogen-bond acceptors (Lipinski definition) is 3. The first-order valence-corrected chi connectivity index (χ1v) is 8.09. The van der Waals surface area contributed by atoms with Crippen LogP contribution in [0.25, 0.3) is 33.3 Å². The van der Waals surface area contributed by atoms with E-state index in [1.807, 2.05) is 25.1 Å². The quantitative estimate of drug-likeness (QED) is 0.480. The van der Waals surface area contributed by atoms with Crippen LogP contribution in [-0.4, -0.2) is 0 Å². The van der Waals surface area contributed by atoms with Crippen LogP contribution in [0.4, 0.5) is 0 Å². The highest BCUT2D eigenvalue weighted by Gasteiger charge is 2.13. The summed E-state index contributed by atoms with van der Waals surface area (Å²) >= 11 is 0. The van der Waals surface area contributed by atoms with Crippen LogP contribution in [0.15, 0.2) is 62.4 Å². The Morgan fingerprint density at radius 1 is 1.00 bits per heavy atom. The van der Waals surface area contributed by atoms with Crippen molar-refractivity contribution in [1.29, 1.82) is 0 Å². The van der Waals surface area contributed by atoms with Crippen LogP contribution >= 0.6 is 0 Å². The second-order valence-corrected chi connectivity index (χ2v) is 6.49. The summed E-state index contributed by atoms with van der Waals surface area (Å²) in [6.07, 6.45) is 1.69. The van der Waals surface area contributed by atoms with Crippen molar-refractivity contribution in [3.05, 3.63) is 70.1 Å². The Labute approximate surface area is 139 Å². The van der Waals surface area contributed by atoms with Crippen molar-refractivity contribution < 1.29 is 8.83 Å². The molecule has 0 bridgehead atoms. The van der Waals surface area contributed by atoms with Crippen molar-refractivity contribution in [3.8, 4) is 11.3 Å². The van der Waals surface area contributed by atoms with E-state index in [1.165, 1.54) is 5.56 Å². The van der Waals surface area contributed by atoms with E-state index in [1.54, 1.807) is 18.4 Å². The molecule has 0 fully saturated rings. The minimum absolute atomic E-state index is 0.0401. The number of aryl methyl sites for hydroxylation is 1. The van der Waals surface area contributed by atoms with Crippen molar-refractivity contribution in [2.75, 3.05) is 0 Å². The molecule has 2 aromatic carbocycles. The zero-order valence-corrected chi connectivity index (χ0v) is 13.9. The van der Waals surface area contributed by atoms with E-state index in [9.17, 15) is 4.79 Å². The molecule has 0 spiro atoms. The number of rotatable bonds is 2. The molecule has 0 saturated carbocycles. The molecule has 0 aliphatic heterocycles. The predicted molar refractivity (Wildman–Crippen MR) is 96.5 cm³/mol. The van der Waals surface area contributed by atoms with E-state index in [0.29, 0.717) is 22.6 Å². The average Bonchev–Trinajstić information content (AvgIpc) is 2.96. The van der Waals surface area contributed by atoms with Crippen LogP contribution in [0.1, 0.15) is 30.9 Å². The van der Waals surface area contributed by atoms with E-state index in [0.717, 1.165) is 22.1 Å². The van der Waals surface area contributed by atoms with Crippen molar-refractivity contribution in [2.24, 2.45) is 0 Å². The summed E-state index contributed by atoms with van der Waals surface area (Å²) < 4.78 is 11.6. The Morgan fingerprint density at radius 2 is 1.75 bits per heavy atom. The first kappa shape index (κ1) is 14.8. The lowest BCUT2D eigenvalue weighted by Gasteiger charge is -2.07. The van der Waals surface area contributed by atoms with Crippen molar-refractivity contribution >= 4 is 21.9 Å². The van der Waals surface area contributed by atoms with Crippen LogP contribution in [0.5, 0.6) is 0 Å². The van der Waals surface area contributed by atoms with Gasteiger partial charge in [-0.05, 0) is 36.1 Å². The predicted octanol–water partition coefficient (Wildman–Crippen LogP) is 5.64. The summed E-state index contributed by atoms with van der Waals surface area (Å²) in [5.74, 6) is 1.05. The standard InChI is InChI=1S/C21H18O3/c1-12(2)14-4-6-15(7-5-14)19-10-17(22)16-8-9-18-20(21(16)24-19)13(3)11-23-18/h4-12H,1-3H3. The van der Waals surface area contributed by atoms with E-state index < -0.39 is 0 Å². The first-order valence-electron chi connectivity index (χ1n) is 8.09. The van der Waals surface area contributed by atoms with Gasteiger partial charge in [0.1, 0.15) is 16.9 Å². The zero-order chi connectivity index (χ0) is 16.8. The van der Waals surface area contributed by atoms with Gasteiger partial charge >= 0.3 is 0 Å². The van der Waals surface area contributed by atoms with Gasteiger partial charge in [-0.3, -0.25) is 4.79 Å². The van der Waals surface area contributed by atoms with Crippen LogP contribution in [-0.2, 0) is 0 Å². The molecule has 4 rings (SSSR count). The largest absolute Gasteiger partial charge is 0.464 e. The van der Waals surface area contributed by atoms with Gasteiger partial charge in [0, 0.05) is 11.6 Å². The number of hydrogen-bond donors (Lipinski definition) is 0. The molecule has 0 radical (unpaired) electrons. The molecule has 120 valence electrons. The molecule has 0 aliphatic rings. The number of fused-ring (bicyclic) bond motifs is 3. The molecule has 2 aromatic heterocycles. The molecule has 0 saturated heterocycles. The fourth-order valence-corrected chi connectivity index (χ4v) is 3.06. The van der Waals surface area contributed by atoms with Crippen LogP contribution in [0.2, 0.25) is 0 Å². The Bertz CT molecular complexity index is 1100. The number of benzene rings is 2. The fourth-order valence-electron chi connectivity index (χ4n) is 3.06. The maximum absolute atomic E-state index is 12.5. The lowest BCUT2D eigenvalue weighted by atomic mass is 10.0. The van der Waals surface area contributed by atoms with Gasteiger partial charge in [0.2, 0.25) is 0 Å². The Kier molecular flexibility index (Phi) is 3.31. The van der Waals surface area contributed by atoms with Crippen molar-refractivity contribution in [2.45, 2.75) is 26.7 Å². The second-order valence-electron chi connectivity index (χ2n) is 6.49. The second kappa shape index (κ2) is 5.38. The summed E-state index contributed by atoms with van der Waals surface area (Å²) in [4.78, 5) is 12.5. The van der Waals surface area contributed by atoms with E-state index in [4.69, 9.17) is 8.83 Å². The average molecular weight is 318 g/mol. The third kappa shape index (κ3) is 2.24. The highest BCUT2D eigenvalue weighted by Crippen LogP contribution is 2.31. The maximum atomic E-state index is 12.5. The van der Waals surface area contributed by atoms with Gasteiger partial charge in [-0.2, -0.15) is 0 Å². The summed E-state index contributed by atoms with van der Waals surface area (Å²) in [7, 11) is 0. The summed E-state index contributed by atoms with van der Waals surface area (Å²) in [6, 6.07) is 13.3. The Hall–Kier alpha value is -2.81. The lowest BCUT2D eigenvalue weighted by molar-refractivity contribution is 0.610. The smallest absolute Gasteiger partial charge is 0.193 e. The summed E-state index contributed by atoms with van der Waals surface area (Å²) in [5, 5.41) is 1.44. The third-order valence-electron chi connectivity index (χ3n) is 4.48. The molecule has 0 N–H and O–H groups in total. The SMILES string of the molecule is Cc1coc2ccc3c(=O)cc(-c4ccc(C(C)C)cc4)oc3c12. The van der Waals surface area contributed by atoms with E-state index in [2.05, 4.69) is 26.0 Å². The van der Waals surface area contributed by atoms with Crippen molar-refractivity contribution in [3.63, 3.8) is 0 Å². The van der Waals surface area contributed by atoms with Crippen molar-refractivity contribution in [1.82, 2.24) is 0 Å². The van der Waals surface area contributed by atoms with Crippen LogP contribution in [0, 0.1) is 6.92 Å². The fraction of sp³-hybridized carbons (Fsp3) is 0.190. The zero-order valence-electron chi connectivity index (χ0n) is 13.9. The van der Waals surface area contributed by atoms with Gasteiger partial charge in [0.15, 0.2) is 5.43 Å². The molecule has 0 atom stereocenters. The van der Waals surface area contributed by atoms with E-state index in [-0.39, 0.29) is 5.43 Å². The third-order valence-corrected chi connectivity index (χ3v) is 4.48. The molecule has 0 unspecified atom stereocenters. The highest BCUT2D eigenvalue weighted by molar-refractivity contribution is 6.04. The molecular weight excluding hydrogens is 300 g/mol. The van der Waals surface area contributed by atoms with Crippen LogP contribution in [0.3, 0.4) is 0 Å². The monoisotopic (exact) mass is 318 g/mol.